The van der Waals surface area contributed by atoms with Gasteiger partial charge in [0, 0.05) is 22.8 Å². The molecule has 1 heterocycles. The number of thiazole rings is 1. The molecular formula is C14H18N4OS. The predicted octanol–water partition coefficient (Wildman–Crippen LogP) is 2.79. The van der Waals surface area contributed by atoms with Gasteiger partial charge in [0.1, 0.15) is 5.01 Å². The van der Waals surface area contributed by atoms with Crippen LogP contribution in [0.4, 0.5) is 10.5 Å². The van der Waals surface area contributed by atoms with Crippen molar-refractivity contribution >= 4 is 23.1 Å². The van der Waals surface area contributed by atoms with E-state index in [-0.39, 0.29) is 12.1 Å². The molecule has 20 heavy (non-hydrogen) atoms. The van der Waals surface area contributed by atoms with E-state index in [0.717, 1.165) is 21.1 Å². The monoisotopic (exact) mass is 290 g/mol. The van der Waals surface area contributed by atoms with Gasteiger partial charge in [0.25, 0.3) is 0 Å². The lowest BCUT2D eigenvalue weighted by Gasteiger charge is -2.09. The normalized spacial score (nSPS) is 11.9. The summed E-state index contributed by atoms with van der Waals surface area (Å²) in [7, 11) is 0. The third-order valence-corrected chi connectivity index (χ3v) is 3.68. The zero-order valence-corrected chi connectivity index (χ0v) is 12.3. The van der Waals surface area contributed by atoms with E-state index in [0.29, 0.717) is 6.54 Å². The molecule has 0 saturated heterocycles. The maximum Gasteiger partial charge on any atom is 0.319 e. The largest absolute Gasteiger partial charge is 0.331 e. The summed E-state index contributed by atoms with van der Waals surface area (Å²) >= 11 is 1.57. The fraction of sp³-hybridized carbons (Fsp3) is 0.286. The Balaban J connectivity index is 1.84. The number of amides is 2. The zero-order chi connectivity index (χ0) is 14.5. The smallest absolute Gasteiger partial charge is 0.319 e. The van der Waals surface area contributed by atoms with Gasteiger partial charge in [0.15, 0.2) is 0 Å². The molecule has 6 heteroatoms. The number of urea groups is 1. The average molecular weight is 290 g/mol. The van der Waals surface area contributed by atoms with Gasteiger partial charge in [-0.05, 0) is 31.5 Å². The second kappa shape index (κ2) is 6.49. The van der Waals surface area contributed by atoms with Crippen molar-refractivity contribution in [2.45, 2.75) is 26.4 Å². The lowest BCUT2D eigenvalue weighted by atomic mass is 10.1. The van der Waals surface area contributed by atoms with E-state index < -0.39 is 0 Å². The highest BCUT2D eigenvalue weighted by atomic mass is 32.1. The van der Waals surface area contributed by atoms with Crippen molar-refractivity contribution in [1.82, 2.24) is 10.3 Å². The Hall–Kier alpha value is -1.92. The van der Waals surface area contributed by atoms with E-state index in [1.54, 1.807) is 17.5 Å². The standard InChI is InChI=1S/C14H18N4OS/c1-9-7-16-13(20-9)8-17-14(19)18-12-5-3-11(4-6-12)10(2)15/h3-7,10H,8,15H2,1-2H3,(H2,17,18,19). The first kappa shape index (κ1) is 14.5. The highest BCUT2D eigenvalue weighted by Crippen LogP contribution is 2.14. The van der Waals surface area contributed by atoms with Crippen LogP contribution in [0.15, 0.2) is 30.5 Å². The molecule has 1 unspecified atom stereocenters. The summed E-state index contributed by atoms with van der Waals surface area (Å²) in [6.07, 6.45) is 1.80. The van der Waals surface area contributed by atoms with Crippen LogP contribution >= 0.6 is 11.3 Å². The van der Waals surface area contributed by atoms with Gasteiger partial charge in [-0.1, -0.05) is 12.1 Å². The molecule has 0 fully saturated rings. The van der Waals surface area contributed by atoms with Crippen molar-refractivity contribution in [3.8, 4) is 0 Å². The third-order valence-electron chi connectivity index (χ3n) is 2.76. The first-order valence-corrected chi connectivity index (χ1v) is 7.18. The van der Waals surface area contributed by atoms with Crippen LogP contribution in [0.5, 0.6) is 0 Å². The van der Waals surface area contributed by atoms with Gasteiger partial charge in [-0.3, -0.25) is 0 Å². The quantitative estimate of drug-likeness (QED) is 0.810. The van der Waals surface area contributed by atoms with Gasteiger partial charge in [-0.15, -0.1) is 11.3 Å². The summed E-state index contributed by atoms with van der Waals surface area (Å²) in [4.78, 5) is 17.1. The van der Waals surface area contributed by atoms with Gasteiger partial charge < -0.3 is 16.4 Å². The fourth-order valence-corrected chi connectivity index (χ4v) is 2.41. The number of nitrogens with zero attached hydrogens (tertiary/aromatic N) is 1. The lowest BCUT2D eigenvalue weighted by Crippen LogP contribution is -2.28. The van der Waals surface area contributed by atoms with Crippen LogP contribution in [0.1, 0.15) is 28.4 Å². The van der Waals surface area contributed by atoms with E-state index in [1.165, 1.54) is 0 Å². The Kier molecular flexibility index (Phi) is 4.70. The lowest BCUT2D eigenvalue weighted by molar-refractivity contribution is 0.251. The minimum atomic E-state index is -0.244. The zero-order valence-electron chi connectivity index (χ0n) is 11.5. The number of carbonyl (C=O) groups is 1. The van der Waals surface area contributed by atoms with Crippen molar-refractivity contribution < 1.29 is 4.79 Å². The van der Waals surface area contributed by atoms with Crippen LogP contribution in [-0.2, 0) is 6.54 Å². The summed E-state index contributed by atoms with van der Waals surface area (Å²) in [5.41, 5.74) is 7.55. The van der Waals surface area contributed by atoms with E-state index in [2.05, 4.69) is 15.6 Å². The predicted molar refractivity (Wildman–Crippen MR) is 81.8 cm³/mol. The molecule has 5 nitrogen and oxygen atoms in total. The second-order valence-electron chi connectivity index (χ2n) is 4.58. The molecule has 1 atom stereocenters. The molecule has 2 aromatic rings. The summed E-state index contributed by atoms with van der Waals surface area (Å²) in [5.74, 6) is 0. The topological polar surface area (TPSA) is 80.0 Å². The molecule has 0 aliphatic rings. The molecule has 0 bridgehead atoms. The number of nitrogens with one attached hydrogen (secondary N) is 2. The Morgan fingerprint density at radius 1 is 1.40 bits per heavy atom. The Morgan fingerprint density at radius 3 is 2.65 bits per heavy atom. The first-order chi connectivity index (χ1) is 9.54. The van der Waals surface area contributed by atoms with Crippen LogP contribution in [-0.4, -0.2) is 11.0 Å². The molecule has 4 N–H and O–H groups in total. The number of anilines is 1. The van der Waals surface area contributed by atoms with Crippen molar-refractivity contribution in [3.05, 3.63) is 45.9 Å². The van der Waals surface area contributed by atoms with Gasteiger partial charge >= 0.3 is 6.03 Å². The average Bonchev–Trinajstić information content (AvgIpc) is 2.83. The van der Waals surface area contributed by atoms with Crippen LogP contribution in [0.2, 0.25) is 0 Å². The Labute approximate surface area is 122 Å². The number of aromatic nitrogens is 1. The van der Waals surface area contributed by atoms with Gasteiger partial charge in [-0.2, -0.15) is 0 Å². The number of hydrogen-bond acceptors (Lipinski definition) is 4. The summed E-state index contributed by atoms with van der Waals surface area (Å²) < 4.78 is 0. The van der Waals surface area contributed by atoms with E-state index >= 15 is 0 Å². The molecule has 2 rings (SSSR count). The van der Waals surface area contributed by atoms with Crippen LogP contribution < -0.4 is 16.4 Å². The minimum Gasteiger partial charge on any atom is -0.331 e. The molecule has 2 amide bonds. The number of nitrogens with two attached hydrogens (primary N) is 1. The molecule has 0 aliphatic heterocycles. The van der Waals surface area contributed by atoms with E-state index in [4.69, 9.17) is 5.73 Å². The van der Waals surface area contributed by atoms with Crippen LogP contribution in [0, 0.1) is 6.92 Å². The van der Waals surface area contributed by atoms with Gasteiger partial charge in [-0.25, -0.2) is 9.78 Å². The van der Waals surface area contributed by atoms with Crippen molar-refractivity contribution in [3.63, 3.8) is 0 Å². The van der Waals surface area contributed by atoms with E-state index in [9.17, 15) is 4.79 Å². The summed E-state index contributed by atoms with van der Waals surface area (Å²) in [5, 5.41) is 6.44. The van der Waals surface area contributed by atoms with Crippen LogP contribution in [0.3, 0.4) is 0 Å². The SMILES string of the molecule is Cc1cnc(CNC(=O)Nc2ccc(C(C)N)cc2)s1. The molecule has 1 aromatic carbocycles. The molecule has 0 aliphatic carbocycles. The highest BCUT2D eigenvalue weighted by Gasteiger charge is 2.04. The van der Waals surface area contributed by atoms with Crippen molar-refractivity contribution in [1.29, 1.82) is 0 Å². The second-order valence-corrected chi connectivity index (χ2v) is 5.90. The molecule has 0 spiro atoms. The maximum absolute atomic E-state index is 11.7. The third kappa shape index (κ3) is 4.04. The molecular weight excluding hydrogens is 272 g/mol. The van der Waals surface area contributed by atoms with E-state index in [1.807, 2.05) is 38.1 Å². The number of carbonyl (C=O) groups excluding carboxylic acids is 1. The summed E-state index contributed by atoms with van der Waals surface area (Å²) in [6, 6.07) is 7.24. The molecule has 106 valence electrons. The minimum absolute atomic E-state index is 0.00832. The fourth-order valence-electron chi connectivity index (χ4n) is 1.68. The highest BCUT2D eigenvalue weighted by molar-refractivity contribution is 7.11. The maximum atomic E-state index is 11.7. The first-order valence-electron chi connectivity index (χ1n) is 6.36. The molecule has 1 aromatic heterocycles. The molecule has 0 saturated carbocycles. The number of benzene rings is 1. The number of rotatable bonds is 4. The van der Waals surface area contributed by atoms with Crippen LogP contribution in [0.25, 0.3) is 0 Å². The number of hydrogen-bond donors (Lipinski definition) is 3. The van der Waals surface area contributed by atoms with Gasteiger partial charge in [0.2, 0.25) is 0 Å². The Morgan fingerprint density at radius 2 is 2.10 bits per heavy atom. The van der Waals surface area contributed by atoms with Crippen molar-refractivity contribution in [2.24, 2.45) is 5.73 Å². The molecule has 0 radical (unpaired) electrons. The number of aryl methyl sites for hydroxylation is 1. The Bertz CT molecular complexity index is 577. The van der Waals surface area contributed by atoms with Gasteiger partial charge in [0.05, 0.1) is 6.54 Å². The van der Waals surface area contributed by atoms with Crippen molar-refractivity contribution in [2.75, 3.05) is 5.32 Å². The summed E-state index contributed by atoms with van der Waals surface area (Å²) in [6.45, 7) is 4.34.